The second-order valence-electron chi connectivity index (χ2n) is 11.7. The average Bonchev–Trinajstić information content (AvgIpc) is 3.18. The van der Waals surface area contributed by atoms with Crippen LogP contribution in [-0.2, 0) is 4.74 Å². The van der Waals surface area contributed by atoms with Crippen LogP contribution >= 0.6 is 0 Å². The highest BCUT2D eigenvalue weighted by Crippen LogP contribution is 2.42. The summed E-state index contributed by atoms with van der Waals surface area (Å²) in [7, 11) is 0. The van der Waals surface area contributed by atoms with Gasteiger partial charge in [-0.05, 0) is 19.4 Å². The van der Waals surface area contributed by atoms with Gasteiger partial charge in [0.05, 0.1) is 42.2 Å². The smallest absolute Gasteiger partial charge is 0.227 e. The largest absolute Gasteiger partial charge is 0.389 e. The molecule has 2 N–H and O–H groups in total. The molecule has 3 aliphatic rings. The molecule has 37 heavy (non-hydrogen) atoms. The highest BCUT2D eigenvalue weighted by atomic mass is 19.1. The third-order valence-electron chi connectivity index (χ3n) is 8.07. The monoisotopic (exact) mass is 510 g/mol. The molecule has 3 fully saturated rings. The van der Waals surface area contributed by atoms with Crippen molar-refractivity contribution in [1.29, 1.82) is 0 Å². The molecule has 198 valence electrons. The fraction of sp³-hybridized carbons (Fsp3) is 0.615. The predicted octanol–water partition coefficient (Wildman–Crippen LogP) is 3.32. The molecule has 11 heteroatoms. The van der Waals surface area contributed by atoms with E-state index in [1.54, 1.807) is 17.2 Å². The van der Waals surface area contributed by atoms with Crippen LogP contribution in [-0.4, -0.2) is 81.5 Å². The van der Waals surface area contributed by atoms with E-state index in [2.05, 4.69) is 43.7 Å². The Morgan fingerprint density at radius 1 is 1.19 bits per heavy atom. The van der Waals surface area contributed by atoms with E-state index in [1.807, 2.05) is 26.1 Å². The number of aromatic nitrogens is 5. The number of anilines is 4. The van der Waals surface area contributed by atoms with Gasteiger partial charge in [0, 0.05) is 49.6 Å². The first kappa shape index (κ1) is 24.3. The van der Waals surface area contributed by atoms with Crippen molar-refractivity contribution in [2.24, 2.45) is 10.8 Å². The Morgan fingerprint density at radius 2 is 1.97 bits per heavy atom. The number of piperidine rings is 1. The van der Waals surface area contributed by atoms with Gasteiger partial charge in [-0.3, -0.25) is 4.68 Å². The van der Waals surface area contributed by atoms with Crippen LogP contribution in [0.3, 0.4) is 0 Å². The lowest BCUT2D eigenvalue weighted by molar-refractivity contribution is -0.127. The van der Waals surface area contributed by atoms with Crippen molar-refractivity contribution < 1.29 is 14.2 Å². The molecular formula is C26H35FN8O2. The minimum atomic E-state index is -1.36. The Balaban J connectivity index is 1.26. The minimum Gasteiger partial charge on any atom is -0.389 e. The maximum atomic E-state index is 14.5. The van der Waals surface area contributed by atoms with Crippen molar-refractivity contribution in [1.82, 2.24) is 24.7 Å². The van der Waals surface area contributed by atoms with Gasteiger partial charge in [-0.2, -0.15) is 10.1 Å². The first-order chi connectivity index (χ1) is 17.7. The number of alkyl halides is 1. The molecule has 0 saturated carbocycles. The highest BCUT2D eigenvalue weighted by Gasteiger charge is 2.50. The summed E-state index contributed by atoms with van der Waals surface area (Å²) in [5.74, 6) is 2.62. The van der Waals surface area contributed by atoms with Gasteiger partial charge >= 0.3 is 0 Å². The Hall–Kier alpha value is -3.05. The number of pyridine rings is 1. The van der Waals surface area contributed by atoms with Gasteiger partial charge in [0.25, 0.3) is 0 Å². The Labute approximate surface area is 215 Å². The molecule has 10 nitrogen and oxygen atoms in total. The van der Waals surface area contributed by atoms with Gasteiger partial charge < -0.3 is 25.0 Å². The Morgan fingerprint density at radius 3 is 2.65 bits per heavy atom. The van der Waals surface area contributed by atoms with E-state index < -0.39 is 17.7 Å². The minimum absolute atomic E-state index is 0.0546. The zero-order valence-electron chi connectivity index (χ0n) is 21.9. The number of hydrogen-bond donors (Lipinski definition) is 2. The first-order valence-electron chi connectivity index (χ1n) is 13.1. The van der Waals surface area contributed by atoms with Crippen molar-refractivity contribution in [2.75, 3.05) is 54.5 Å². The predicted molar refractivity (Wildman–Crippen MR) is 140 cm³/mol. The Bertz CT molecular complexity index is 1300. The summed E-state index contributed by atoms with van der Waals surface area (Å²) in [6.07, 6.45) is 2.13. The molecule has 0 amide bonds. The second-order valence-corrected chi connectivity index (χ2v) is 11.7. The number of aliphatic hydroxyl groups is 1. The van der Waals surface area contributed by atoms with Crippen LogP contribution in [0.5, 0.6) is 0 Å². The number of halogens is 1. The third-order valence-corrected chi connectivity index (χ3v) is 8.07. The first-order valence-corrected chi connectivity index (χ1v) is 13.1. The van der Waals surface area contributed by atoms with Crippen LogP contribution in [0.2, 0.25) is 0 Å². The van der Waals surface area contributed by atoms with Crippen molar-refractivity contribution in [2.45, 2.75) is 52.4 Å². The van der Waals surface area contributed by atoms with E-state index in [1.165, 1.54) is 0 Å². The summed E-state index contributed by atoms with van der Waals surface area (Å²) in [6, 6.07) is 4.02. The van der Waals surface area contributed by atoms with Crippen molar-refractivity contribution in [3.63, 3.8) is 0 Å². The molecule has 6 rings (SSSR count). The summed E-state index contributed by atoms with van der Waals surface area (Å²) >= 11 is 0. The number of fused-ring (bicyclic) bond motifs is 1. The molecular weight excluding hydrogens is 475 g/mol. The maximum Gasteiger partial charge on any atom is 0.227 e. The van der Waals surface area contributed by atoms with Gasteiger partial charge in [0.15, 0.2) is 5.82 Å². The fourth-order valence-corrected chi connectivity index (χ4v) is 5.62. The van der Waals surface area contributed by atoms with Gasteiger partial charge in [-0.25, -0.2) is 14.4 Å². The van der Waals surface area contributed by atoms with Crippen LogP contribution in [0.1, 0.15) is 40.2 Å². The number of nitrogens with one attached hydrogen (secondary N) is 1. The van der Waals surface area contributed by atoms with E-state index in [-0.39, 0.29) is 12.6 Å². The average molecular weight is 511 g/mol. The van der Waals surface area contributed by atoms with Gasteiger partial charge in [-0.15, -0.1) is 0 Å². The summed E-state index contributed by atoms with van der Waals surface area (Å²) in [5.41, 5.74) is 0.717. The molecule has 6 heterocycles. The maximum absolute atomic E-state index is 14.5. The zero-order chi connectivity index (χ0) is 25.9. The SMILES string of the molecule is CCC(C)n1nc(N2CC3(COC3)C2)c2cnc(Nc3ccnc(N4CC(F)C(O)C(C)(C)C4)n3)cc21. The second kappa shape index (κ2) is 8.76. The van der Waals surface area contributed by atoms with Gasteiger partial charge in [-0.1, -0.05) is 20.8 Å². The molecule has 3 aromatic rings. The lowest BCUT2D eigenvalue weighted by atomic mass is 9.78. The molecule has 3 aromatic heterocycles. The quantitative estimate of drug-likeness (QED) is 0.517. The standard InChI is InChI=1S/C26H35FN8O2/c1-5-16(2)35-19-8-21(29-9-17(19)23(32-35)34-12-26(13-34)14-37-15-26)30-20-6-7-28-24(31-20)33-10-18(27)22(36)25(3,4)11-33/h6-9,16,18,22,36H,5,10-15H2,1-4H3,(H,28,29,30,31). The highest BCUT2D eigenvalue weighted by molar-refractivity contribution is 5.92. The summed E-state index contributed by atoms with van der Waals surface area (Å²) in [6.45, 7) is 12.2. The molecule has 3 unspecified atom stereocenters. The molecule has 0 bridgehead atoms. The summed E-state index contributed by atoms with van der Waals surface area (Å²) in [4.78, 5) is 17.8. The summed E-state index contributed by atoms with van der Waals surface area (Å²) < 4.78 is 22.0. The van der Waals surface area contributed by atoms with Crippen molar-refractivity contribution in [3.05, 3.63) is 24.5 Å². The molecule has 3 aliphatic heterocycles. The topological polar surface area (TPSA) is 104 Å². The van der Waals surface area contributed by atoms with E-state index in [4.69, 9.17) is 9.84 Å². The fourth-order valence-electron chi connectivity index (χ4n) is 5.62. The van der Waals surface area contributed by atoms with Crippen LogP contribution in [0.15, 0.2) is 24.5 Å². The normalized spacial score (nSPS) is 25.1. The van der Waals surface area contributed by atoms with Gasteiger partial charge in [0.2, 0.25) is 5.95 Å². The number of aliphatic hydroxyl groups excluding tert-OH is 1. The molecule has 1 spiro atoms. The molecule has 0 aromatic carbocycles. The summed E-state index contributed by atoms with van der Waals surface area (Å²) in [5, 5.41) is 19.5. The number of hydrogen-bond acceptors (Lipinski definition) is 9. The lowest BCUT2D eigenvalue weighted by Gasteiger charge is -2.55. The van der Waals surface area contributed by atoms with Crippen LogP contribution in [0, 0.1) is 10.8 Å². The number of nitrogens with zero attached hydrogens (tertiary/aromatic N) is 7. The lowest BCUT2D eigenvalue weighted by Crippen LogP contribution is -2.66. The zero-order valence-corrected chi connectivity index (χ0v) is 21.9. The van der Waals surface area contributed by atoms with Crippen molar-refractivity contribution in [3.8, 4) is 0 Å². The number of rotatable bonds is 6. The molecule has 3 saturated heterocycles. The van der Waals surface area contributed by atoms with E-state index in [0.717, 1.165) is 49.4 Å². The molecule has 0 aliphatic carbocycles. The van der Waals surface area contributed by atoms with Crippen LogP contribution < -0.4 is 15.1 Å². The number of ether oxygens (including phenoxy) is 1. The van der Waals surface area contributed by atoms with Gasteiger partial charge in [0.1, 0.15) is 17.8 Å². The van der Waals surface area contributed by atoms with Crippen LogP contribution in [0.25, 0.3) is 10.9 Å². The van der Waals surface area contributed by atoms with E-state index >= 15 is 0 Å². The molecule has 3 atom stereocenters. The van der Waals surface area contributed by atoms with E-state index in [9.17, 15) is 9.50 Å². The third kappa shape index (κ3) is 4.17. The molecule has 0 radical (unpaired) electrons. The van der Waals surface area contributed by atoms with Crippen LogP contribution in [0.4, 0.5) is 27.8 Å². The van der Waals surface area contributed by atoms with E-state index in [0.29, 0.717) is 29.5 Å². The van der Waals surface area contributed by atoms with Crippen molar-refractivity contribution >= 4 is 34.3 Å². The Kier molecular flexibility index (Phi) is 5.76.